The summed E-state index contributed by atoms with van der Waals surface area (Å²) in [7, 11) is 0. The first-order chi connectivity index (χ1) is 9.65. The Labute approximate surface area is 114 Å². The van der Waals surface area contributed by atoms with Crippen molar-refractivity contribution in [2.45, 2.75) is 5.92 Å². The molecule has 0 spiro atoms. The minimum absolute atomic E-state index is 0.357. The number of para-hydroxylation sites is 2. The van der Waals surface area contributed by atoms with E-state index in [1.54, 1.807) is 48.5 Å². The van der Waals surface area contributed by atoms with Crippen LogP contribution in [0.25, 0.3) is 17.2 Å². The fraction of sp³-hybridized carbons (Fsp3) is 0.0625. The summed E-state index contributed by atoms with van der Waals surface area (Å²) in [4.78, 5) is 3.83. The average Bonchev–Trinajstić information content (AvgIpc) is 2.91. The molecular weight excluding hydrogens is 260 g/mol. The fourth-order valence-corrected chi connectivity index (χ4v) is 1.85. The highest BCUT2D eigenvalue weighted by molar-refractivity contribution is 5.72. The molecule has 1 aromatic heterocycles. The summed E-state index contributed by atoms with van der Waals surface area (Å²) in [5.41, 5.74) is 1.48. The molecule has 0 aliphatic heterocycles. The lowest BCUT2D eigenvalue weighted by Crippen LogP contribution is -2.09. The molecule has 3 rings (SSSR count). The van der Waals surface area contributed by atoms with Crippen LogP contribution >= 0.6 is 0 Å². The normalized spacial score (nSPS) is 12.3. The summed E-state index contributed by atoms with van der Waals surface area (Å²) in [6.45, 7) is 0. The summed E-state index contributed by atoms with van der Waals surface area (Å²) in [5, 5.41) is 0. The molecule has 0 saturated carbocycles. The third-order valence-electron chi connectivity index (χ3n) is 2.86. The van der Waals surface area contributed by atoms with Crippen LogP contribution in [0.15, 0.2) is 65.1 Å². The van der Waals surface area contributed by atoms with E-state index in [0.717, 1.165) is 6.08 Å². The van der Waals surface area contributed by atoms with Crippen LogP contribution in [0.1, 0.15) is 11.5 Å². The first-order valence-corrected chi connectivity index (χ1v) is 6.13. The van der Waals surface area contributed by atoms with Crippen molar-refractivity contribution >= 4 is 17.2 Å². The molecule has 20 heavy (non-hydrogen) atoms. The zero-order chi connectivity index (χ0) is 14.0. The van der Waals surface area contributed by atoms with Gasteiger partial charge in [-0.3, -0.25) is 0 Å². The number of benzene rings is 2. The van der Waals surface area contributed by atoms with Crippen molar-refractivity contribution in [3.8, 4) is 0 Å². The van der Waals surface area contributed by atoms with Gasteiger partial charge in [0.25, 0.3) is 5.89 Å². The highest BCUT2D eigenvalue weighted by Gasteiger charge is 2.34. The number of hydrogen-bond donors (Lipinski definition) is 0. The van der Waals surface area contributed by atoms with Crippen molar-refractivity contribution in [1.29, 1.82) is 0 Å². The van der Waals surface area contributed by atoms with E-state index in [-0.39, 0.29) is 0 Å². The second-order valence-electron chi connectivity index (χ2n) is 4.35. The molecule has 1 heterocycles. The molecule has 0 amide bonds. The lowest BCUT2D eigenvalue weighted by Gasteiger charge is -2.06. The molecule has 4 heteroatoms. The van der Waals surface area contributed by atoms with E-state index in [2.05, 4.69) is 4.98 Å². The second kappa shape index (κ2) is 4.89. The van der Waals surface area contributed by atoms with Crippen LogP contribution in [0.3, 0.4) is 0 Å². The Hall–Kier alpha value is -2.49. The maximum atomic E-state index is 14.0. The highest BCUT2D eigenvalue weighted by atomic mass is 19.3. The van der Waals surface area contributed by atoms with Gasteiger partial charge in [-0.05, 0) is 23.8 Å². The van der Waals surface area contributed by atoms with Gasteiger partial charge in [0.2, 0.25) is 0 Å². The summed E-state index contributed by atoms with van der Waals surface area (Å²) in [5.74, 6) is -3.83. The van der Waals surface area contributed by atoms with Crippen molar-refractivity contribution in [2.75, 3.05) is 0 Å². The van der Waals surface area contributed by atoms with Crippen molar-refractivity contribution < 1.29 is 13.2 Å². The number of nitrogens with zero attached hydrogens (tertiary/aromatic N) is 1. The van der Waals surface area contributed by atoms with Gasteiger partial charge in [0, 0.05) is 0 Å². The summed E-state index contributed by atoms with van der Waals surface area (Å²) < 4.78 is 33.2. The number of hydrogen-bond acceptors (Lipinski definition) is 2. The Bertz CT molecular complexity index is 714. The van der Waals surface area contributed by atoms with Crippen LogP contribution in [0.5, 0.6) is 0 Å². The Morgan fingerprint density at radius 2 is 1.65 bits per heavy atom. The molecular formula is C16H11F2NO. The summed E-state index contributed by atoms with van der Waals surface area (Å²) in [6.07, 6.45) is 2.15. The smallest absolute Gasteiger partial charge is 0.341 e. The molecule has 0 aliphatic carbocycles. The van der Waals surface area contributed by atoms with Gasteiger partial charge in [0.15, 0.2) is 5.58 Å². The van der Waals surface area contributed by atoms with Gasteiger partial charge in [-0.2, -0.15) is 8.78 Å². The average molecular weight is 271 g/mol. The number of oxazole rings is 1. The maximum Gasteiger partial charge on any atom is 0.341 e. The third-order valence-corrected chi connectivity index (χ3v) is 2.86. The Balaban J connectivity index is 1.93. The fourth-order valence-electron chi connectivity index (χ4n) is 1.85. The topological polar surface area (TPSA) is 26.0 Å². The zero-order valence-electron chi connectivity index (χ0n) is 10.5. The molecule has 0 N–H and O–H groups in total. The number of halogens is 2. The van der Waals surface area contributed by atoms with Gasteiger partial charge in [-0.25, -0.2) is 4.98 Å². The van der Waals surface area contributed by atoms with Gasteiger partial charge in [-0.1, -0.05) is 48.5 Å². The molecule has 0 bridgehead atoms. The number of aromatic nitrogens is 1. The summed E-state index contributed by atoms with van der Waals surface area (Å²) >= 11 is 0. The minimum atomic E-state index is -3.24. The molecule has 100 valence electrons. The van der Waals surface area contributed by atoms with Gasteiger partial charge >= 0.3 is 5.92 Å². The van der Waals surface area contributed by atoms with Gasteiger partial charge in [-0.15, -0.1) is 0 Å². The van der Waals surface area contributed by atoms with Gasteiger partial charge < -0.3 is 4.42 Å². The Morgan fingerprint density at radius 3 is 2.40 bits per heavy atom. The van der Waals surface area contributed by atoms with E-state index in [0.29, 0.717) is 16.7 Å². The van der Waals surface area contributed by atoms with E-state index < -0.39 is 11.8 Å². The quantitative estimate of drug-likeness (QED) is 0.694. The van der Waals surface area contributed by atoms with Gasteiger partial charge in [0.1, 0.15) is 5.52 Å². The van der Waals surface area contributed by atoms with E-state index in [4.69, 9.17) is 4.42 Å². The van der Waals surface area contributed by atoms with Crippen LogP contribution in [0.4, 0.5) is 8.78 Å². The van der Waals surface area contributed by atoms with E-state index in [9.17, 15) is 8.78 Å². The van der Waals surface area contributed by atoms with Crippen molar-refractivity contribution in [2.24, 2.45) is 0 Å². The SMILES string of the molecule is FC(F)(/C=C/c1ccccc1)c1nc2ccccc2o1. The number of rotatable bonds is 3. The number of allylic oxidation sites excluding steroid dienone is 1. The molecule has 2 aromatic carbocycles. The lowest BCUT2D eigenvalue weighted by atomic mass is 10.2. The lowest BCUT2D eigenvalue weighted by molar-refractivity contribution is 0.0243. The molecule has 0 unspecified atom stereocenters. The standard InChI is InChI=1S/C16H11F2NO/c17-16(18,11-10-12-6-2-1-3-7-12)15-19-13-8-4-5-9-14(13)20-15/h1-11H/b11-10+. The first kappa shape index (κ1) is 12.5. The zero-order valence-corrected chi connectivity index (χ0v) is 10.5. The highest BCUT2D eigenvalue weighted by Crippen LogP contribution is 2.31. The van der Waals surface area contributed by atoms with Crippen LogP contribution in [-0.4, -0.2) is 4.98 Å². The minimum Gasteiger partial charge on any atom is -0.435 e. The molecule has 0 saturated heterocycles. The van der Waals surface area contributed by atoms with Crippen LogP contribution in [-0.2, 0) is 5.92 Å². The number of fused-ring (bicyclic) bond motifs is 1. The molecule has 2 nitrogen and oxygen atoms in total. The molecule has 0 fully saturated rings. The van der Waals surface area contributed by atoms with Crippen LogP contribution < -0.4 is 0 Å². The monoisotopic (exact) mass is 271 g/mol. The maximum absolute atomic E-state index is 14.0. The van der Waals surface area contributed by atoms with Crippen LogP contribution in [0.2, 0.25) is 0 Å². The Kier molecular flexibility index (Phi) is 3.06. The van der Waals surface area contributed by atoms with Crippen molar-refractivity contribution in [3.63, 3.8) is 0 Å². The van der Waals surface area contributed by atoms with Crippen molar-refractivity contribution in [3.05, 3.63) is 72.1 Å². The van der Waals surface area contributed by atoms with Gasteiger partial charge in [0.05, 0.1) is 0 Å². The second-order valence-corrected chi connectivity index (χ2v) is 4.35. The number of alkyl halides is 2. The molecule has 0 atom stereocenters. The first-order valence-electron chi connectivity index (χ1n) is 6.13. The van der Waals surface area contributed by atoms with E-state index in [1.807, 2.05) is 6.07 Å². The third kappa shape index (κ3) is 2.45. The molecule has 3 aromatic rings. The largest absolute Gasteiger partial charge is 0.435 e. The predicted octanol–water partition coefficient (Wildman–Crippen LogP) is 4.63. The Morgan fingerprint density at radius 1 is 0.950 bits per heavy atom. The van der Waals surface area contributed by atoms with E-state index in [1.165, 1.54) is 6.08 Å². The predicted molar refractivity (Wildman–Crippen MR) is 73.4 cm³/mol. The molecule has 0 radical (unpaired) electrons. The van der Waals surface area contributed by atoms with Crippen molar-refractivity contribution in [1.82, 2.24) is 4.98 Å². The summed E-state index contributed by atoms with van der Waals surface area (Å²) in [6, 6.07) is 15.6. The van der Waals surface area contributed by atoms with E-state index >= 15 is 0 Å². The molecule has 0 aliphatic rings. The van der Waals surface area contributed by atoms with Crippen LogP contribution in [0, 0.1) is 0 Å².